The first-order chi connectivity index (χ1) is 15.5. The minimum atomic E-state index is -1.34. The summed E-state index contributed by atoms with van der Waals surface area (Å²) < 4.78 is 16.7. The van der Waals surface area contributed by atoms with E-state index in [1.165, 1.54) is 19.9 Å². The number of nitrogens with two attached hydrogens (primary N) is 1. The summed E-state index contributed by atoms with van der Waals surface area (Å²) in [5, 5.41) is 22.7. The SMILES string of the molecule is CC(C)(O)C#Cc1cc2c(cc1F)C1CC(C1)n1c-2nc(C(N)=O)c1CNC(=O)C1(O)CC1. The summed E-state index contributed by atoms with van der Waals surface area (Å²) in [6.07, 6.45) is 2.30. The Hall–Kier alpha value is -3.22. The Labute approximate surface area is 190 Å². The third-order valence-corrected chi connectivity index (χ3v) is 6.61. The summed E-state index contributed by atoms with van der Waals surface area (Å²) in [6.45, 7) is 3.02. The van der Waals surface area contributed by atoms with Gasteiger partial charge in [-0.25, -0.2) is 9.37 Å². The predicted octanol–water partition coefficient (Wildman–Crippen LogP) is 1.48. The Balaban J connectivity index is 1.61. The zero-order chi connectivity index (χ0) is 23.7. The topological polar surface area (TPSA) is 130 Å². The van der Waals surface area contributed by atoms with E-state index in [2.05, 4.69) is 22.1 Å². The van der Waals surface area contributed by atoms with Crippen LogP contribution in [0.1, 0.15) is 78.8 Å². The molecule has 8 nitrogen and oxygen atoms in total. The van der Waals surface area contributed by atoms with Crippen LogP contribution in [-0.4, -0.2) is 42.8 Å². The second kappa shape index (κ2) is 7.14. The number of imidazole rings is 1. The molecule has 2 fully saturated rings. The molecule has 0 saturated heterocycles. The summed E-state index contributed by atoms with van der Waals surface area (Å²) in [5.41, 5.74) is 5.07. The number of rotatable bonds is 4. The fourth-order valence-electron chi connectivity index (χ4n) is 4.58. The van der Waals surface area contributed by atoms with E-state index in [0.29, 0.717) is 29.9 Å². The van der Waals surface area contributed by atoms with E-state index in [0.717, 1.165) is 18.4 Å². The molecule has 2 amide bonds. The molecule has 6 rings (SSSR count). The van der Waals surface area contributed by atoms with Crippen LogP contribution < -0.4 is 11.1 Å². The predicted molar refractivity (Wildman–Crippen MR) is 116 cm³/mol. The van der Waals surface area contributed by atoms with Crippen LogP contribution in [0, 0.1) is 17.7 Å². The van der Waals surface area contributed by atoms with Crippen LogP contribution in [0.2, 0.25) is 0 Å². The lowest BCUT2D eigenvalue weighted by atomic mass is 9.75. The van der Waals surface area contributed by atoms with Gasteiger partial charge in [-0.15, -0.1) is 0 Å². The summed E-state index contributed by atoms with van der Waals surface area (Å²) >= 11 is 0. The molecule has 0 atom stereocenters. The average molecular weight is 452 g/mol. The Kier molecular flexibility index (Phi) is 4.68. The van der Waals surface area contributed by atoms with Crippen molar-refractivity contribution in [3.05, 3.63) is 40.5 Å². The fraction of sp³-hybridized carbons (Fsp3) is 0.458. The Bertz CT molecular complexity index is 1250. The maximum atomic E-state index is 14.8. The van der Waals surface area contributed by atoms with Gasteiger partial charge in [0.05, 0.1) is 17.8 Å². The number of nitrogens with one attached hydrogen (secondary N) is 1. The lowest BCUT2D eigenvalue weighted by Gasteiger charge is -2.35. The lowest BCUT2D eigenvalue weighted by molar-refractivity contribution is -0.131. The van der Waals surface area contributed by atoms with Gasteiger partial charge in [0.15, 0.2) is 5.69 Å². The van der Waals surface area contributed by atoms with Crippen molar-refractivity contribution < 1.29 is 24.2 Å². The number of carbonyl (C=O) groups is 2. The third kappa shape index (κ3) is 3.69. The normalized spacial score (nSPS) is 21.5. The maximum Gasteiger partial charge on any atom is 0.269 e. The van der Waals surface area contributed by atoms with Crippen molar-refractivity contribution >= 4 is 11.8 Å². The number of halogens is 1. The standard InChI is InChI=1S/C24H25FN4O4/c1-23(2,32)4-3-12-9-16-15(10-17(12)25)13-7-14(8-13)29-18(19(20(26)30)28-21(16)29)11-27-22(31)24(33)5-6-24/h9-10,13-14,32-33H,5-8,11H2,1-2H3,(H2,26,30)(H,27,31). The first-order valence-electron chi connectivity index (χ1n) is 11.0. The quantitative estimate of drug-likeness (QED) is 0.522. The summed E-state index contributed by atoms with van der Waals surface area (Å²) in [6, 6.07) is 3.09. The van der Waals surface area contributed by atoms with Crippen molar-refractivity contribution in [2.45, 2.75) is 69.2 Å². The van der Waals surface area contributed by atoms with Gasteiger partial charge in [0.2, 0.25) is 0 Å². The second-order valence-electron chi connectivity index (χ2n) is 9.73. The van der Waals surface area contributed by atoms with Crippen LogP contribution in [0.25, 0.3) is 11.4 Å². The molecule has 2 bridgehead atoms. The number of nitrogens with zero attached hydrogens (tertiary/aromatic N) is 2. The lowest BCUT2D eigenvalue weighted by Crippen LogP contribution is -2.37. The highest BCUT2D eigenvalue weighted by atomic mass is 19.1. The smallest absolute Gasteiger partial charge is 0.269 e. The van der Waals surface area contributed by atoms with E-state index < -0.39 is 28.8 Å². The highest BCUT2D eigenvalue weighted by Crippen LogP contribution is 2.53. The molecule has 172 valence electrons. The van der Waals surface area contributed by atoms with Gasteiger partial charge < -0.3 is 25.8 Å². The van der Waals surface area contributed by atoms with E-state index in [9.17, 15) is 24.2 Å². The molecule has 0 unspecified atom stereocenters. The van der Waals surface area contributed by atoms with E-state index in [-0.39, 0.29) is 29.8 Å². The molecular formula is C24H25FN4O4. The van der Waals surface area contributed by atoms with Gasteiger partial charge in [0.25, 0.3) is 11.8 Å². The molecule has 2 aromatic rings. The van der Waals surface area contributed by atoms with Crippen molar-refractivity contribution in [3.63, 3.8) is 0 Å². The van der Waals surface area contributed by atoms with Gasteiger partial charge in [-0.05, 0) is 63.1 Å². The zero-order valence-corrected chi connectivity index (χ0v) is 18.4. The second-order valence-corrected chi connectivity index (χ2v) is 9.73. The number of carbonyl (C=O) groups excluding carboxylic acids is 2. The maximum absolute atomic E-state index is 14.8. The molecule has 0 spiro atoms. The Morgan fingerprint density at radius 1 is 1.36 bits per heavy atom. The van der Waals surface area contributed by atoms with Crippen LogP contribution in [0.15, 0.2) is 12.1 Å². The van der Waals surface area contributed by atoms with E-state index in [1.807, 2.05) is 4.57 Å². The van der Waals surface area contributed by atoms with Gasteiger partial charge in [0, 0.05) is 11.6 Å². The van der Waals surface area contributed by atoms with Crippen molar-refractivity contribution in [1.29, 1.82) is 0 Å². The van der Waals surface area contributed by atoms with Crippen LogP contribution in [0.4, 0.5) is 4.39 Å². The molecule has 9 heteroatoms. The summed E-state index contributed by atoms with van der Waals surface area (Å²) in [4.78, 5) is 29.0. The number of primary amides is 1. The van der Waals surface area contributed by atoms with Crippen molar-refractivity contribution in [2.24, 2.45) is 5.73 Å². The molecule has 5 N–H and O–H groups in total. The molecule has 2 aliphatic heterocycles. The van der Waals surface area contributed by atoms with Gasteiger partial charge in [-0.3, -0.25) is 9.59 Å². The molecule has 4 aliphatic rings. The first-order valence-corrected chi connectivity index (χ1v) is 11.0. The Morgan fingerprint density at radius 3 is 2.67 bits per heavy atom. The first kappa shape index (κ1) is 21.6. The van der Waals surface area contributed by atoms with E-state index in [4.69, 9.17) is 5.73 Å². The van der Waals surface area contributed by atoms with E-state index in [1.54, 1.807) is 6.07 Å². The number of hydrogen-bond acceptors (Lipinski definition) is 5. The fourth-order valence-corrected chi connectivity index (χ4v) is 4.58. The van der Waals surface area contributed by atoms with Gasteiger partial charge in [-0.1, -0.05) is 11.8 Å². The molecule has 1 aromatic carbocycles. The van der Waals surface area contributed by atoms with Crippen molar-refractivity contribution in [1.82, 2.24) is 14.9 Å². The highest BCUT2D eigenvalue weighted by molar-refractivity contribution is 5.93. The van der Waals surface area contributed by atoms with Gasteiger partial charge in [0.1, 0.15) is 22.8 Å². The molecule has 2 aliphatic carbocycles. The summed E-state index contributed by atoms with van der Waals surface area (Å²) in [5.74, 6) is 4.26. The van der Waals surface area contributed by atoms with Crippen LogP contribution in [-0.2, 0) is 11.3 Å². The average Bonchev–Trinajstić information content (AvgIpc) is 3.39. The minimum absolute atomic E-state index is 0.00449. The van der Waals surface area contributed by atoms with Gasteiger partial charge in [-0.2, -0.15) is 0 Å². The van der Waals surface area contributed by atoms with Crippen molar-refractivity contribution in [3.8, 4) is 23.2 Å². The number of benzene rings is 1. The van der Waals surface area contributed by atoms with Crippen LogP contribution >= 0.6 is 0 Å². The number of aromatic nitrogens is 2. The molecule has 3 heterocycles. The monoisotopic (exact) mass is 452 g/mol. The Morgan fingerprint density at radius 2 is 2.06 bits per heavy atom. The van der Waals surface area contributed by atoms with Crippen LogP contribution in [0.5, 0.6) is 0 Å². The van der Waals surface area contributed by atoms with Crippen LogP contribution in [0.3, 0.4) is 0 Å². The largest absolute Gasteiger partial charge is 0.380 e. The third-order valence-electron chi connectivity index (χ3n) is 6.61. The number of amides is 2. The molecule has 0 radical (unpaired) electrons. The summed E-state index contributed by atoms with van der Waals surface area (Å²) in [7, 11) is 0. The molecular weight excluding hydrogens is 427 g/mol. The molecule has 2 saturated carbocycles. The number of hydrogen-bond donors (Lipinski definition) is 4. The highest BCUT2D eigenvalue weighted by Gasteiger charge is 2.48. The van der Waals surface area contributed by atoms with Gasteiger partial charge >= 0.3 is 0 Å². The number of aliphatic hydroxyl groups is 2. The van der Waals surface area contributed by atoms with E-state index >= 15 is 0 Å². The zero-order valence-electron chi connectivity index (χ0n) is 18.4. The minimum Gasteiger partial charge on any atom is -0.380 e. The molecule has 1 aromatic heterocycles. The van der Waals surface area contributed by atoms with Crippen molar-refractivity contribution in [2.75, 3.05) is 0 Å². The molecule has 33 heavy (non-hydrogen) atoms.